The van der Waals surface area contributed by atoms with Gasteiger partial charge in [-0.1, -0.05) is 0 Å². The molecule has 1 aromatic heterocycles. The van der Waals surface area contributed by atoms with Gasteiger partial charge in [-0.15, -0.1) is 11.3 Å². The first-order valence-corrected chi connectivity index (χ1v) is 6.50. The van der Waals surface area contributed by atoms with E-state index in [1.807, 2.05) is 0 Å². The van der Waals surface area contributed by atoms with Crippen molar-refractivity contribution in [2.75, 3.05) is 19.8 Å². The van der Waals surface area contributed by atoms with E-state index in [1.54, 1.807) is 0 Å². The Bertz CT molecular complexity index is 492. The molecule has 21 heavy (non-hydrogen) atoms. The van der Waals surface area contributed by atoms with Gasteiger partial charge >= 0.3 is 18.2 Å². The maximum Gasteiger partial charge on any atom is 0.411 e. The fourth-order valence-electron chi connectivity index (χ4n) is 1.13. The van der Waals surface area contributed by atoms with Crippen molar-refractivity contribution < 1.29 is 32.6 Å². The summed E-state index contributed by atoms with van der Waals surface area (Å²) >= 11 is 1.07. The molecular formula is C10H12F3N3O4S. The zero-order valence-corrected chi connectivity index (χ0v) is 11.4. The Hall–Kier alpha value is -1.88. The molecule has 0 spiro atoms. The average molecular weight is 327 g/mol. The first-order valence-electron chi connectivity index (χ1n) is 5.62. The van der Waals surface area contributed by atoms with Gasteiger partial charge in [0, 0.05) is 11.9 Å². The predicted molar refractivity (Wildman–Crippen MR) is 66.2 cm³/mol. The Kier molecular flexibility index (Phi) is 6.37. The number of nitrogens with one attached hydrogen (secondary N) is 2. The van der Waals surface area contributed by atoms with Crippen LogP contribution in [0.2, 0.25) is 0 Å². The van der Waals surface area contributed by atoms with Crippen molar-refractivity contribution in [1.29, 1.82) is 0 Å². The summed E-state index contributed by atoms with van der Waals surface area (Å²) < 4.78 is 39.5. The number of alkyl halides is 3. The monoisotopic (exact) mass is 327 g/mol. The normalized spacial score (nSPS) is 11.2. The molecule has 0 unspecified atom stereocenters. The minimum atomic E-state index is -4.39. The molecule has 0 aliphatic heterocycles. The molecule has 11 heteroatoms. The summed E-state index contributed by atoms with van der Waals surface area (Å²) in [5.74, 6) is -1.16. The van der Waals surface area contributed by atoms with Crippen LogP contribution in [0.25, 0.3) is 0 Å². The molecule has 0 aliphatic carbocycles. The van der Waals surface area contributed by atoms with Crippen LogP contribution in [0.4, 0.5) is 18.0 Å². The highest BCUT2D eigenvalue weighted by Crippen LogP contribution is 2.13. The molecule has 0 atom stereocenters. The number of nitrogens with zero attached hydrogens (tertiary/aromatic N) is 1. The van der Waals surface area contributed by atoms with Gasteiger partial charge in [0.25, 0.3) is 0 Å². The van der Waals surface area contributed by atoms with E-state index in [9.17, 15) is 22.8 Å². The summed E-state index contributed by atoms with van der Waals surface area (Å²) in [5, 5.41) is 15.1. The topological polar surface area (TPSA) is 101 Å². The van der Waals surface area contributed by atoms with Gasteiger partial charge in [-0.25, -0.2) is 14.6 Å². The molecule has 0 aliphatic rings. The zero-order chi connectivity index (χ0) is 15.9. The summed E-state index contributed by atoms with van der Waals surface area (Å²) in [6.45, 7) is -1.70. The number of aromatic carboxylic acids is 1. The molecule has 0 fully saturated rings. The second-order valence-electron chi connectivity index (χ2n) is 3.71. The molecule has 2 amide bonds. The Morgan fingerprint density at radius 2 is 2.10 bits per heavy atom. The quantitative estimate of drug-likeness (QED) is 0.654. The molecule has 1 rings (SSSR count). The number of carboxylic acid groups (broad SMARTS) is 1. The number of thiazole rings is 1. The highest BCUT2D eigenvalue weighted by atomic mass is 32.1. The molecule has 3 N–H and O–H groups in total. The Balaban J connectivity index is 2.15. The second-order valence-corrected chi connectivity index (χ2v) is 4.65. The summed E-state index contributed by atoms with van der Waals surface area (Å²) in [6, 6.07) is -0.613. The van der Waals surface area contributed by atoms with E-state index in [2.05, 4.69) is 20.4 Å². The summed E-state index contributed by atoms with van der Waals surface area (Å²) in [7, 11) is 0. The van der Waals surface area contributed by atoms with Crippen LogP contribution in [0, 0.1) is 0 Å². The van der Waals surface area contributed by atoms with Crippen molar-refractivity contribution in [1.82, 2.24) is 15.6 Å². The number of ether oxygens (including phenoxy) is 1. The van der Waals surface area contributed by atoms with Crippen molar-refractivity contribution in [3.05, 3.63) is 16.1 Å². The molecule has 1 heterocycles. The fourth-order valence-corrected chi connectivity index (χ4v) is 1.84. The van der Waals surface area contributed by atoms with Crippen LogP contribution >= 0.6 is 11.3 Å². The standard InChI is InChI=1S/C10H12F3N3O4S/c11-10(12,13)5-20-2-1-14-9(19)15-3-7-16-6(4-21-7)8(17)18/h4H,1-3,5H2,(H,17,18)(H2,14,15,19). The first-order chi connectivity index (χ1) is 9.78. The van der Waals surface area contributed by atoms with E-state index in [1.165, 1.54) is 5.38 Å². The number of rotatable bonds is 7. The summed E-state index contributed by atoms with van der Waals surface area (Å²) in [6.07, 6.45) is -4.39. The van der Waals surface area contributed by atoms with Gasteiger partial charge in [0.05, 0.1) is 13.2 Å². The number of carbonyl (C=O) groups is 2. The third kappa shape index (κ3) is 7.46. The molecular weight excluding hydrogens is 315 g/mol. The van der Waals surface area contributed by atoms with E-state index in [-0.39, 0.29) is 25.4 Å². The van der Waals surface area contributed by atoms with Crippen molar-refractivity contribution in [3.8, 4) is 0 Å². The lowest BCUT2D eigenvalue weighted by molar-refractivity contribution is -0.173. The number of amides is 2. The van der Waals surface area contributed by atoms with E-state index in [0.29, 0.717) is 5.01 Å². The maximum atomic E-state index is 11.7. The van der Waals surface area contributed by atoms with Crippen LogP contribution < -0.4 is 10.6 Å². The number of aromatic nitrogens is 1. The van der Waals surface area contributed by atoms with Gasteiger partial charge in [-0.2, -0.15) is 13.2 Å². The van der Waals surface area contributed by atoms with E-state index >= 15 is 0 Å². The Labute approximate surface area is 121 Å². The lowest BCUT2D eigenvalue weighted by Gasteiger charge is -2.08. The minimum Gasteiger partial charge on any atom is -0.476 e. The number of urea groups is 1. The number of hydrogen-bond acceptors (Lipinski definition) is 5. The maximum absolute atomic E-state index is 11.7. The molecule has 118 valence electrons. The lowest BCUT2D eigenvalue weighted by Crippen LogP contribution is -2.37. The smallest absolute Gasteiger partial charge is 0.411 e. The number of carboxylic acids is 1. The molecule has 0 saturated heterocycles. The largest absolute Gasteiger partial charge is 0.476 e. The van der Waals surface area contributed by atoms with Gasteiger partial charge in [0.2, 0.25) is 0 Å². The fraction of sp³-hybridized carbons (Fsp3) is 0.500. The molecule has 0 radical (unpaired) electrons. The summed E-state index contributed by atoms with van der Waals surface area (Å²) in [5.41, 5.74) is -0.113. The molecule has 7 nitrogen and oxygen atoms in total. The van der Waals surface area contributed by atoms with Crippen LogP contribution in [0.1, 0.15) is 15.5 Å². The highest BCUT2D eigenvalue weighted by Gasteiger charge is 2.27. The van der Waals surface area contributed by atoms with Crippen molar-refractivity contribution >= 4 is 23.3 Å². The Morgan fingerprint density at radius 1 is 1.38 bits per heavy atom. The third-order valence-corrected chi connectivity index (χ3v) is 2.82. The van der Waals surface area contributed by atoms with E-state index < -0.39 is 24.8 Å². The predicted octanol–water partition coefficient (Wildman–Crippen LogP) is 1.22. The van der Waals surface area contributed by atoms with Crippen molar-refractivity contribution in [2.45, 2.75) is 12.7 Å². The van der Waals surface area contributed by atoms with Crippen LogP contribution in [0.5, 0.6) is 0 Å². The van der Waals surface area contributed by atoms with Gasteiger partial charge in [0.15, 0.2) is 5.69 Å². The second kappa shape index (κ2) is 7.78. The van der Waals surface area contributed by atoms with Gasteiger partial charge < -0.3 is 20.5 Å². The third-order valence-electron chi connectivity index (χ3n) is 1.97. The van der Waals surface area contributed by atoms with Gasteiger partial charge in [0.1, 0.15) is 11.6 Å². The number of carbonyl (C=O) groups excluding carboxylic acids is 1. The molecule has 0 aromatic carbocycles. The highest BCUT2D eigenvalue weighted by molar-refractivity contribution is 7.09. The van der Waals surface area contributed by atoms with Crippen LogP contribution in [-0.4, -0.2) is 48.0 Å². The van der Waals surface area contributed by atoms with Crippen LogP contribution in [-0.2, 0) is 11.3 Å². The number of halogens is 3. The van der Waals surface area contributed by atoms with Crippen molar-refractivity contribution in [2.24, 2.45) is 0 Å². The van der Waals surface area contributed by atoms with Crippen LogP contribution in [0.15, 0.2) is 5.38 Å². The minimum absolute atomic E-state index is 0.0210. The van der Waals surface area contributed by atoms with Gasteiger partial charge in [-0.3, -0.25) is 0 Å². The molecule has 0 saturated carbocycles. The Morgan fingerprint density at radius 3 is 2.67 bits per heavy atom. The molecule has 1 aromatic rings. The lowest BCUT2D eigenvalue weighted by atomic mass is 10.5. The van der Waals surface area contributed by atoms with Gasteiger partial charge in [-0.05, 0) is 0 Å². The van der Waals surface area contributed by atoms with Crippen molar-refractivity contribution in [3.63, 3.8) is 0 Å². The zero-order valence-electron chi connectivity index (χ0n) is 10.6. The number of hydrogen-bond donors (Lipinski definition) is 3. The molecule has 0 bridgehead atoms. The summed E-state index contributed by atoms with van der Waals surface area (Å²) in [4.78, 5) is 25.6. The SMILES string of the molecule is O=C(NCCOCC(F)(F)F)NCc1nc(C(=O)O)cs1. The van der Waals surface area contributed by atoms with E-state index in [4.69, 9.17) is 5.11 Å². The van der Waals surface area contributed by atoms with E-state index in [0.717, 1.165) is 11.3 Å². The van der Waals surface area contributed by atoms with Crippen LogP contribution in [0.3, 0.4) is 0 Å². The average Bonchev–Trinajstić information content (AvgIpc) is 2.83. The first kappa shape index (κ1) is 17.2.